The third kappa shape index (κ3) is 4.45. The van der Waals surface area contributed by atoms with Crippen LogP contribution in [0.4, 0.5) is 0 Å². The van der Waals surface area contributed by atoms with Crippen molar-refractivity contribution in [3.05, 3.63) is 163 Å². The number of hydrogen-bond acceptors (Lipinski definition) is 3. The van der Waals surface area contributed by atoms with Crippen LogP contribution in [-0.2, 0) is 0 Å². The van der Waals surface area contributed by atoms with Crippen molar-refractivity contribution in [3.8, 4) is 50.6 Å². The Balaban J connectivity index is 1.37. The summed E-state index contributed by atoms with van der Waals surface area (Å²) in [5.41, 5.74) is 12.9. The monoisotopic (exact) mass is 603 g/mol. The van der Waals surface area contributed by atoms with Gasteiger partial charge >= 0.3 is 0 Å². The van der Waals surface area contributed by atoms with Crippen molar-refractivity contribution in [3.63, 3.8) is 0 Å². The van der Waals surface area contributed by atoms with Crippen LogP contribution in [0.15, 0.2) is 162 Å². The number of furan rings is 1. The Morgan fingerprint density at radius 2 is 1.13 bits per heavy atom. The summed E-state index contributed by atoms with van der Waals surface area (Å²) < 4.78 is 9.05. The number of aromatic nitrogens is 3. The first-order chi connectivity index (χ1) is 23.2. The van der Waals surface area contributed by atoms with Crippen LogP contribution in [0.2, 0.25) is 0 Å². The minimum atomic E-state index is 0.620. The SMILES string of the molecule is Cc1ccc(-c2nc3ccccc3n2-c2c(-c3ccccc3)cccc2-c2ccccc2)c2oc3nc(-c4ccccc4)ccc3c12. The molecule has 0 saturated carbocycles. The summed E-state index contributed by atoms with van der Waals surface area (Å²) in [6, 6.07) is 54.9. The summed E-state index contributed by atoms with van der Waals surface area (Å²) >= 11 is 0. The smallest absolute Gasteiger partial charge is 0.227 e. The van der Waals surface area contributed by atoms with Gasteiger partial charge in [-0.25, -0.2) is 9.97 Å². The Kier molecular flexibility index (Phi) is 6.32. The minimum absolute atomic E-state index is 0.620. The average molecular weight is 604 g/mol. The molecule has 222 valence electrons. The molecule has 0 aliphatic rings. The predicted molar refractivity (Wildman–Crippen MR) is 193 cm³/mol. The summed E-state index contributed by atoms with van der Waals surface area (Å²) in [5, 5.41) is 2.05. The van der Waals surface area contributed by atoms with E-state index in [1.165, 1.54) is 0 Å². The van der Waals surface area contributed by atoms with Crippen molar-refractivity contribution >= 4 is 33.1 Å². The lowest BCUT2D eigenvalue weighted by Crippen LogP contribution is -2.03. The van der Waals surface area contributed by atoms with Gasteiger partial charge in [0.15, 0.2) is 0 Å². The van der Waals surface area contributed by atoms with E-state index < -0.39 is 0 Å². The van der Waals surface area contributed by atoms with Gasteiger partial charge in [0.05, 0.1) is 28.0 Å². The molecule has 9 rings (SSSR count). The normalized spacial score (nSPS) is 11.5. The Morgan fingerprint density at radius 1 is 0.511 bits per heavy atom. The van der Waals surface area contributed by atoms with E-state index in [0.29, 0.717) is 5.71 Å². The Hall–Kier alpha value is -6.26. The van der Waals surface area contributed by atoms with Crippen molar-refractivity contribution < 1.29 is 4.42 Å². The maximum atomic E-state index is 6.73. The molecule has 0 atom stereocenters. The van der Waals surface area contributed by atoms with Crippen molar-refractivity contribution in [2.24, 2.45) is 0 Å². The maximum Gasteiger partial charge on any atom is 0.227 e. The number of para-hydroxylation sites is 3. The molecule has 0 saturated heterocycles. The van der Waals surface area contributed by atoms with Crippen LogP contribution >= 0.6 is 0 Å². The molecule has 0 N–H and O–H groups in total. The standard InChI is InChI=1S/C43H29N3O/c1-28-24-25-35(41-39(28)34-26-27-36(45-43(34)47-41)31-18-9-4-10-19-31)42-44-37-22-11-12-23-38(37)46(42)40-32(29-14-5-2-6-15-29)20-13-21-33(40)30-16-7-3-8-17-30/h2-27H,1H3. The van der Waals surface area contributed by atoms with E-state index in [0.717, 1.165) is 83.5 Å². The van der Waals surface area contributed by atoms with Gasteiger partial charge < -0.3 is 4.42 Å². The third-order valence-electron chi connectivity index (χ3n) is 8.99. The van der Waals surface area contributed by atoms with Gasteiger partial charge in [0.25, 0.3) is 0 Å². The van der Waals surface area contributed by atoms with E-state index in [9.17, 15) is 0 Å². The molecule has 4 heteroatoms. The summed E-state index contributed by atoms with van der Waals surface area (Å²) in [6.07, 6.45) is 0. The van der Waals surface area contributed by atoms with Gasteiger partial charge in [-0.05, 0) is 53.9 Å². The summed E-state index contributed by atoms with van der Waals surface area (Å²) in [7, 11) is 0. The first-order valence-corrected chi connectivity index (χ1v) is 15.8. The number of pyridine rings is 1. The molecule has 0 unspecified atom stereocenters. The van der Waals surface area contributed by atoms with Gasteiger partial charge in [0.2, 0.25) is 5.71 Å². The topological polar surface area (TPSA) is 43.9 Å². The number of benzene rings is 6. The van der Waals surface area contributed by atoms with Crippen LogP contribution in [0.1, 0.15) is 5.56 Å². The highest BCUT2D eigenvalue weighted by atomic mass is 16.3. The molecule has 0 bridgehead atoms. The minimum Gasteiger partial charge on any atom is -0.437 e. The second kappa shape index (κ2) is 11.0. The first kappa shape index (κ1) is 27.1. The Bertz CT molecular complexity index is 2510. The number of hydrogen-bond donors (Lipinski definition) is 0. The van der Waals surface area contributed by atoms with E-state index >= 15 is 0 Å². The lowest BCUT2D eigenvalue weighted by molar-refractivity contribution is 0.655. The average Bonchev–Trinajstić information content (AvgIpc) is 3.72. The molecule has 0 spiro atoms. The predicted octanol–water partition coefficient (Wildman–Crippen LogP) is 11.3. The molecule has 47 heavy (non-hydrogen) atoms. The zero-order valence-electron chi connectivity index (χ0n) is 25.8. The zero-order chi connectivity index (χ0) is 31.3. The fraction of sp³-hybridized carbons (Fsp3) is 0.0233. The van der Waals surface area contributed by atoms with E-state index in [2.05, 4.69) is 145 Å². The fourth-order valence-corrected chi connectivity index (χ4v) is 6.79. The second-order valence-electron chi connectivity index (χ2n) is 11.8. The molecule has 9 aromatic rings. The van der Waals surface area contributed by atoms with E-state index in [1.807, 2.05) is 24.3 Å². The van der Waals surface area contributed by atoms with Crippen molar-refractivity contribution in [2.45, 2.75) is 6.92 Å². The lowest BCUT2D eigenvalue weighted by Gasteiger charge is -2.20. The van der Waals surface area contributed by atoms with E-state index in [4.69, 9.17) is 14.4 Å². The highest BCUT2D eigenvalue weighted by Gasteiger charge is 2.24. The molecular weight excluding hydrogens is 574 g/mol. The highest BCUT2D eigenvalue weighted by molar-refractivity contribution is 6.11. The van der Waals surface area contributed by atoms with Gasteiger partial charge in [-0.15, -0.1) is 0 Å². The number of aryl methyl sites for hydroxylation is 1. The maximum absolute atomic E-state index is 6.73. The molecule has 0 amide bonds. The third-order valence-corrected chi connectivity index (χ3v) is 8.99. The number of imidazole rings is 1. The van der Waals surface area contributed by atoms with Crippen LogP contribution in [0.3, 0.4) is 0 Å². The molecular formula is C43H29N3O. The number of nitrogens with zero attached hydrogens (tertiary/aromatic N) is 3. The fourth-order valence-electron chi connectivity index (χ4n) is 6.79. The Labute approximate surface area is 272 Å². The largest absolute Gasteiger partial charge is 0.437 e. The Morgan fingerprint density at radius 3 is 1.81 bits per heavy atom. The molecule has 4 nitrogen and oxygen atoms in total. The summed E-state index contributed by atoms with van der Waals surface area (Å²) in [6.45, 7) is 2.13. The zero-order valence-corrected chi connectivity index (χ0v) is 25.8. The highest BCUT2D eigenvalue weighted by Crippen LogP contribution is 2.43. The van der Waals surface area contributed by atoms with E-state index in [1.54, 1.807) is 0 Å². The lowest BCUT2D eigenvalue weighted by atomic mass is 9.95. The summed E-state index contributed by atoms with van der Waals surface area (Å²) in [4.78, 5) is 10.3. The number of fused-ring (bicyclic) bond motifs is 4. The van der Waals surface area contributed by atoms with Gasteiger partial charge in [0, 0.05) is 27.5 Å². The molecule has 3 aromatic heterocycles. The molecule has 0 radical (unpaired) electrons. The van der Waals surface area contributed by atoms with Crippen molar-refractivity contribution in [1.82, 2.24) is 14.5 Å². The van der Waals surface area contributed by atoms with Gasteiger partial charge in [-0.3, -0.25) is 4.57 Å². The molecule has 6 aromatic carbocycles. The summed E-state index contributed by atoms with van der Waals surface area (Å²) in [5.74, 6) is 0.819. The first-order valence-electron chi connectivity index (χ1n) is 15.8. The number of rotatable bonds is 5. The van der Waals surface area contributed by atoms with E-state index in [-0.39, 0.29) is 0 Å². The van der Waals surface area contributed by atoms with Crippen molar-refractivity contribution in [2.75, 3.05) is 0 Å². The van der Waals surface area contributed by atoms with Crippen molar-refractivity contribution in [1.29, 1.82) is 0 Å². The van der Waals surface area contributed by atoms with Crippen LogP contribution in [0.5, 0.6) is 0 Å². The molecule has 3 heterocycles. The second-order valence-corrected chi connectivity index (χ2v) is 11.8. The van der Waals surface area contributed by atoms with Crippen LogP contribution in [0, 0.1) is 6.92 Å². The van der Waals surface area contributed by atoms with Gasteiger partial charge in [-0.1, -0.05) is 127 Å². The molecule has 0 aliphatic heterocycles. The van der Waals surface area contributed by atoms with Gasteiger partial charge in [0.1, 0.15) is 11.4 Å². The molecule has 0 fully saturated rings. The van der Waals surface area contributed by atoms with Gasteiger partial charge in [-0.2, -0.15) is 0 Å². The van der Waals surface area contributed by atoms with Crippen LogP contribution < -0.4 is 0 Å². The quantitative estimate of drug-likeness (QED) is 0.197. The van der Waals surface area contributed by atoms with Crippen LogP contribution in [0.25, 0.3) is 83.7 Å². The molecule has 0 aliphatic carbocycles. The van der Waals surface area contributed by atoms with Crippen LogP contribution in [-0.4, -0.2) is 14.5 Å².